The summed E-state index contributed by atoms with van der Waals surface area (Å²) in [4.78, 5) is 11.3. The normalized spacial score (nSPS) is 18.9. The largest absolute Gasteiger partial charge is 0.457 e. The summed E-state index contributed by atoms with van der Waals surface area (Å²) in [6, 6.07) is 0. The van der Waals surface area contributed by atoms with Crippen molar-refractivity contribution in [2.75, 3.05) is 6.61 Å². The summed E-state index contributed by atoms with van der Waals surface area (Å²) in [6.07, 6.45) is -4.78. The van der Waals surface area contributed by atoms with Gasteiger partial charge in [0, 0.05) is 6.08 Å². The van der Waals surface area contributed by atoms with Crippen LogP contribution in [0, 0.1) is 0 Å². The van der Waals surface area contributed by atoms with E-state index in [2.05, 4.69) is 0 Å². The zero-order valence-corrected chi connectivity index (χ0v) is 11.2. The Balaban J connectivity index is 4.43. The van der Waals surface area contributed by atoms with Crippen molar-refractivity contribution in [1.29, 1.82) is 0 Å². The van der Waals surface area contributed by atoms with Crippen molar-refractivity contribution in [3.8, 4) is 0 Å². The second-order valence-corrected chi connectivity index (χ2v) is 5.11. The number of aliphatic hydroxyl groups is 5. The lowest BCUT2D eigenvalue weighted by Gasteiger charge is -2.24. The van der Waals surface area contributed by atoms with E-state index in [0.717, 1.165) is 12.2 Å². The maximum absolute atomic E-state index is 11.3. The molecule has 19 heavy (non-hydrogen) atoms. The van der Waals surface area contributed by atoms with Crippen LogP contribution in [-0.4, -0.2) is 68.1 Å². The Morgan fingerprint density at radius 2 is 1.68 bits per heavy atom. The fourth-order valence-corrected chi connectivity index (χ4v) is 1.16. The molecule has 0 heterocycles. The Hall–Kier alpha value is -0.990. The molecule has 0 aliphatic heterocycles. The summed E-state index contributed by atoms with van der Waals surface area (Å²) in [6.45, 7) is 4.25. The number of ether oxygens (including phenoxy) is 1. The summed E-state index contributed by atoms with van der Waals surface area (Å²) in [5.74, 6) is -0.712. The van der Waals surface area contributed by atoms with E-state index in [1.807, 2.05) is 0 Å². The molecule has 0 bridgehead atoms. The maximum atomic E-state index is 11.3. The van der Waals surface area contributed by atoms with Crippen molar-refractivity contribution in [3.05, 3.63) is 12.2 Å². The number of aliphatic hydroxyl groups excluding tert-OH is 5. The van der Waals surface area contributed by atoms with Gasteiger partial charge in [-0.3, -0.25) is 0 Å². The number of rotatable bonds is 6. The van der Waals surface area contributed by atoms with Crippen LogP contribution in [0.1, 0.15) is 20.8 Å². The van der Waals surface area contributed by atoms with Gasteiger partial charge in [-0.2, -0.15) is 0 Å². The number of carbonyl (C=O) groups excluding carboxylic acids is 1. The molecule has 0 radical (unpaired) electrons. The number of esters is 1. The highest BCUT2D eigenvalue weighted by molar-refractivity contribution is 5.82. The topological polar surface area (TPSA) is 127 Å². The molecule has 0 fully saturated rings. The van der Waals surface area contributed by atoms with Crippen molar-refractivity contribution in [2.45, 2.75) is 50.8 Å². The lowest BCUT2D eigenvalue weighted by molar-refractivity contribution is -0.148. The van der Waals surface area contributed by atoms with E-state index in [4.69, 9.17) is 14.9 Å². The molecule has 0 aromatic rings. The molecule has 0 amide bonds. The summed E-state index contributed by atoms with van der Waals surface area (Å²) in [5.41, 5.74) is -0.683. The molecule has 0 rings (SSSR count). The second kappa shape index (κ2) is 7.56. The van der Waals surface area contributed by atoms with Gasteiger partial charge >= 0.3 is 5.97 Å². The highest BCUT2D eigenvalue weighted by Gasteiger charge is 2.28. The maximum Gasteiger partial charge on any atom is 0.331 e. The van der Waals surface area contributed by atoms with E-state index in [-0.39, 0.29) is 0 Å². The first kappa shape index (κ1) is 18.0. The van der Waals surface area contributed by atoms with E-state index < -0.39 is 42.6 Å². The minimum atomic E-state index is -1.74. The molecule has 5 N–H and O–H groups in total. The smallest absolute Gasteiger partial charge is 0.331 e. The van der Waals surface area contributed by atoms with E-state index in [9.17, 15) is 20.1 Å². The average Bonchev–Trinajstić information content (AvgIpc) is 2.30. The van der Waals surface area contributed by atoms with Gasteiger partial charge in [0.25, 0.3) is 0 Å². The third kappa shape index (κ3) is 7.24. The van der Waals surface area contributed by atoms with Crippen LogP contribution in [0.25, 0.3) is 0 Å². The van der Waals surface area contributed by atoms with Crippen LogP contribution in [0.15, 0.2) is 12.2 Å². The van der Waals surface area contributed by atoms with E-state index in [1.165, 1.54) is 0 Å². The Bertz CT molecular complexity index is 308. The van der Waals surface area contributed by atoms with Crippen LogP contribution in [0.2, 0.25) is 0 Å². The average molecular weight is 278 g/mol. The predicted octanol–water partition coefficient (Wildman–Crippen LogP) is -1.68. The highest BCUT2D eigenvalue weighted by Crippen LogP contribution is 2.09. The number of hydrogen-bond donors (Lipinski definition) is 5. The fourth-order valence-electron chi connectivity index (χ4n) is 1.16. The van der Waals surface area contributed by atoms with Crippen LogP contribution < -0.4 is 0 Å². The van der Waals surface area contributed by atoms with Gasteiger partial charge in [0.2, 0.25) is 0 Å². The SMILES string of the molecule is CC(C)(C)OC(=O)/C=C/[C@H](O)[C@@H](O)[C@@H](O)[C@H](O)CO. The van der Waals surface area contributed by atoms with Gasteiger partial charge in [0.1, 0.15) is 30.0 Å². The molecule has 0 saturated carbocycles. The summed E-state index contributed by atoms with van der Waals surface area (Å²) < 4.78 is 4.93. The second-order valence-electron chi connectivity index (χ2n) is 5.11. The van der Waals surface area contributed by atoms with Gasteiger partial charge < -0.3 is 30.3 Å². The molecule has 0 aromatic heterocycles. The van der Waals surface area contributed by atoms with Gasteiger partial charge in [0.05, 0.1) is 6.61 Å². The molecular weight excluding hydrogens is 256 g/mol. The predicted molar refractivity (Wildman–Crippen MR) is 66.1 cm³/mol. The monoisotopic (exact) mass is 278 g/mol. The lowest BCUT2D eigenvalue weighted by Crippen LogP contribution is -2.45. The summed E-state index contributed by atoms with van der Waals surface area (Å²) in [5, 5.41) is 46.0. The van der Waals surface area contributed by atoms with Gasteiger partial charge in [-0.05, 0) is 26.8 Å². The van der Waals surface area contributed by atoms with Gasteiger partial charge in [-0.15, -0.1) is 0 Å². The molecule has 7 heteroatoms. The van der Waals surface area contributed by atoms with E-state index in [0.29, 0.717) is 0 Å². The van der Waals surface area contributed by atoms with Crippen molar-refractivity contribution in [2.24, 2.45) is 0 Å². The Kier molecular flexibility index (Phi) is 7.17. The molecule has 0 aliphatic rings. The zero-order chi connectivity index (χ0) is 15.2. The zero-order valence-electron chi connectivity index (χ0n) is 11.2. The molecule has 0 saturated heterocycles. The molecule has 112 valence electrons. The minimum absolute atomic E-state index is 0.683. The summed E-state index contributed by atoms with van der Waals surface area (Å²) >= 11 is 0. The third-order valence-electron chi connectivity index (χ3n) is 2.12. The quantitative estimate of drug-likeness (QED) is 0.290. The number of carbonyl (C=O) groups is 1. The Morgan fingerprint density at radius 3 is 2.11 bits per heavy atom. The Labute approximate surface area is 111 Å². The van der Waals surface area contributed by atoms with Crippen molar-refractivity contribution < 1.29 is 35.1 Å². The third-order valence-corrected chi connectivity index (χ3v) is 2.12. The van der Waals surface area contributed by atoms with Crippen LogP contribution in [0.5, 0.6) is 0 Å². The lowest BCUT2D eigenvalue weighted by atomic mass is 10.0. The van der Waals surface area contributed by atoms with Gasteiger partial charge in [-0.25, -0.2) is 4.79 Å². The molecular formula is C12H22O7. The molecule has 4 atom stereocenters. The summed E-state index contributed by atoms with van der Waals surface area (Å²) in [7, 11) is 0. The highest BCUT2D eigenvalue weighted by atomic mass is 16.6. The van der Waals surface area contributed by atoms with E-state index >= 15 is 0 Å². The molecule has 0 spiro atoms. The fraction of sp³-hybridized carbons (Fsp3) is 0.750. The van der Waals surface area contributed by atoms with Crippen LogP contribution in [0.3, 0.4) is 0 Å². The van der Waals surface area contributed by atoms with Crippen LogP contribution in [0.4, 0.5) is 0 Å². The Morgan fingerprint density at radius 1 is 1.16 bits per heavy atom. The van der Waals surface area contributed by atoms with E-state index in [1.54, 1.807) is 20.8 Å². The standard InChI is InChI=1S/C12H22O7/c1-12(2,3)19-9(16)5-4-7(14)10(17)11(18)8(15)6-13/h4-5,7-8,10-11,13-15,17-18H,6H2,1-3H3/b5-4+/t7-,8+,10+,11-/m0/s1. The van der Waals surface area contributed by atoms with Crippen molar-refractivity contribution in [3.63, 3.8) is 0 Å². The van der Waals surface area contributed by atoms with Gasteiger partial charge in [-0.1, -0.05) is 0 Å². The first-order chi connectivity index (χ1) is 8.58. The van der Waals surface area contributed by atoms with Gasteiger partial charge in [0.15, 0.2) is 0 Å². The first-order valence-corrected chi connectivity index (χ1v) is 5.82. The first-order valence-electron chi connectivity index (χ1n) is 5.82. The van der Waals surface area contributed by atoms with Crippen molar-refractivity contribution in [1.82, 2.24) is 0 Å². The van der Waals surface area contributed by atoms with Crippen LogP contribution in [-0.2, 0) is 9.53 Å². The molecule has 0 aliphatic carbocycles. The number of hydrogen-bond acceptors (Lipinski definition) is 7. The molecule has 7 nitrogen and oxygen atoms in total. The molecule has 0 aromatic carbocycles. The minimum Gasteiger partial charge on any atom is -0.457 e. The van der Waals surface area contributed by atoms with Crippen molar-refractivity contribution >= 4 is 5.97 Å². The van der Waals surface area contributed by atoms with Crippen LogP contribution >= 0.6 is 0 Å². The molecule has 0 unspecified atom stereocenters.